The smallest absolute Gasteiger partial charge is 0.255 e. The van der Waals surface area contributed by atoms with Crippen molar-refractivity contribution < 1.29 is 18.0 Å². The summed E-state index contributed by atoms with van der Waals surface area (Å²) < 4.78 is 26.0. The SMILES string of the molecule is Cc1cccc(N(CC(=O)Nc2ccccc2C(=O)N2CCCCC2)S(C)(=O)=O)c1C. The predicted molar refractivity (Wildman–Crippen MR) is 123 cm³/mol. The van der Waals surface area contributed by atoms with Gasteiger partial charge >= 0.3 is 0 Å². The number of benzene rings is 2. The van der Waals surface area contributed by atoms with Crippen molar-refractivity contribution in [2.45, 2.75) is 33.1 Å². The average Bonchev–Trinajstić information content (AvgIpc) is 2.74. The number of sulfonamides is 1. The maximum atomic E-state index is 13.0. The molecule has 0 aromatic heterocycles. The zero-order valence-electron chi connectivity index (χ0n) is 18.2. The van der Waals surface area contributed by atoms with Crippen molar-refractivity contribution in [1.29, 1.82) is 0 Å². The molecule has 1 fully saturated rings. The largest absolute Gasteiger partial charge is 0.339 e. The van der Waals surface area contributed by atoms with Crippen molar-refractivity contribution in [3.63, 3.8) is 0 Å². The number of hydrogen-bond acceptors (Lipinski definition) is 4. The van der Waals surface area contributed by atoms with Gasteiger partial charge in [0.1, 0.15) is 6.54 Å². The van der Waals surface area contributed by atoms with E-state index >= 15 is 0 Å². The number of anilines is 2. The van der Waals surface area contributed by atoms with Crippen LogP contribution in [0.5, 0.6) is 0 Å². The number of carbonyl (C=O) groups is 2. The van der Waals surface area contributed by atoms with Crippen molar-refractivity contribution in [2.24, 2.45) is 0 Å². The molecule has 0 aliphatic carbocycles. The molecule has 3 rings (SSSR count). The fourth-order valence-corrected chi connectivity index (χ4v) is 4.66. The fraction of sp³-hybridized carbons (Fsp3) is 0.391. The third-order valence-electron chi connectivity index (χ3n) is 5.61. The van der Waals surface area contributed by atoms with Crippen LogP contribution in [-0.2, 0) is 14.8 Å². The van der Waals surface area contributed by atoms with Gasteiger partial charge in [-0.2, -0.15) is 0 Å². The van der Waals surface area contributed by atoms with Gasteiger partial charge in [0, 0.05) is 13.1 Å². The number of hydrogen-bond donors (Lipinski definition) is 1. The van der Waals surface area contributed by atoms with Gasteiger partial charge in [-0.1, -0.05) is 24.3 Å². The third kappa shape index (κ3) is 5.44. The first-order valence-electron chi connectivity index (χ1n) is 10.4. The molecule has 8 heteroatoms. The van der Waals surface area contributed by atoms with Gasteiger partial charge in [0.05, 0.1) is 23.2 Å². The number of likely N-dealkylation sites (tertiary alicyclic amines) is 1. The molecule has 2 aromatic carbocycles. The Labute approximate surface area is 184 Å². The van der Waals surface area contributed by atoms with E-state index in [-0.39, 0.29) is 12.5 Å². The van der Waals surface area contributed by atoms with Crippen LogP contribution in [0, 0.1) is 13.8 Å². The summed E-state index contributed by atoms with van der Waals surface area (Å²) in [7, 11) is -3.69. The van der Waals surface area contributed by atoms with E-state index in [0.717, 1.165) is 41.0 Å². The summed E-state index contributed by atoms with van der Waals surface area (Å²) in [5, 5.41) is 2.74. The van der Waals surface area contributed by atoms with Crippen LogP contribution >= 0.6 is 0 Å². The number of carbonyl (C=O) groups excluding carboxylic acids is 2. The minimum atomic E-state index is -3.69. The lowest BCUT2D eigenvalue weighted by Crippen LogP contribution is -2.39. The van der Waals surface area contributed by atoms with Gasteiger partial charge in [0.25, 0.3) is 5.91 Å². The molecule has 0 bridgehead atoms. The molecule has 2 aromatic rings. The van der Waals surface area contributed by atoms with Crippen LogP contribution in [0.25, 0.3) is 0 Å². The van der Waals surface area contributed by atoms with E-state index in [1.165, 1.54) is 0 Å². The van der Waals surface area contributed by atoms with Crippen molar-refractivity contribution in [3.05, 3.63) is 59.2 Å². The van der Waals surface area contributed by atoms with Crippen LogP contribution in [0.3, 0.4) is 0 Å². The normalized spacial score (nSPS) is 14.2. The number of amides is 2. The number of aryl methyl sites for hydroxylation is 1. The monoisotopic (exact) mass is 443 g/mol. The maximum absolute atomic E-state index is 13.0. The first-order valence-corrected chi connectivity index (χ1v) is 12.3. The Hall–Kier alpha value is -2.87. The highest BCUT2D eigenvalue weighted by molar-refractivity contribution is 7.92. The number of nitrogens with zero attached hydrogens (tertiary/aromatic N) is 2. The van der Waals surface area contributed by atoms with Gasteiger partial charge in [-0.3, -0.25) is 13.9 Å². The summed E-state index contributed by atoms with van der Waals surface area (Å²) in [6.07, 6.45) is 4.14. The fourth-order valence-electron chi connectivity index (χ4n) is 3.75. The van der Waals surface area contributed by atoms with Crippen LogP contribution in [-0.4, -0.2) is 51.0 Å². The molecule has 2 amide bonds. The molecule has 1 saturated heterocycles. The van der Waals surface area contributed by atoms with Crippen LogP contribution in [0.4, 0.5) is 11.4 Å². The summed E-state index contributed by atoms with van der Waals surface area (Å²) in [6.45, 7) is 4.75. The molecule has 1 N–H and O–H groups in total. The molecule has 0 saturated carbocycles. The molecule has 7 nitrogen and oxygen atoms in total. The van der Waals surface area contributed by atoms with Gasteiger partial charge < -0.3 is 10.2 Å². The molecule has 1 aliphatic heterocycles. The molecule has 1 aliphatic rings. The van der Waals surface area contributed by atoms with Crippen molar-refractivity contribution in [1.82, 2.24) is 4.90 Å². The Bertz CT molecular complexity index is 1080. The summed E-state index contributed by atoms with van der Waals surface area (Å²) in [6, 6.07) is 12.2. The predicted octanol–water partition coefficient (Wildman–Crippen LogP) is 3.33. The van der Waals surface area contributed by atoms with Gasteiger partial charge in [-0.25, -0.2) is 8.42 Å². The molecule has 0 spiro atoms. The zero-order chi connectivity index (χ0) is 22.6. The second-order valence-electron chi connectivity index (χ2n) is 7.94. The number of para-hydroxylation sites is 1. The quantitative estimate of drug-likeness (QED) is 0.742. The van der Waals surface area contributed by atoms with E-state index in [0.29, 0.717) is 30.0 Å². The summed E-state index contributed by atoms with van der Waals surface area (Å²) in [4.78, 5) is 27.6. The highest BCUT2D eigenvalue weighted by Gasteiger charge is 2.25. The molecule has 1 heterocycles. The van der Waals surface area contributed by atoms with Crippen LogP contribution < -0.4 is 9.62 Å². The van der Waals surface area contributed by atoms with Crippen LogP contribution in [0.15, 0.2) is 42.5 Å². The summed E-state index contributed by atoms with van der Waals surface area (Å²) in [5.41, 5.74) is 2.99. The molecular formula is C23H29N3O4S. The second kappa shape index (κ2) is 9.51. The van der Waals surface area contributed by atoms with E-state index in [2.05, 4.69) is 5.32 Å². The first kappa shape index (κ1) is 22.8. The Morgan fingerprint density at radius 1 is 1.00 bits per heavy atom. The first-order chi connectivity index (χ1) is 14.7. The van der Waals surface area contributed by atoms with Gasteiger partial charge in [0.15, 0.2) is 0 Å². The van der Waals surface area contributed by atoms with Crippen molar-refractivity contribution >= 4 is 33.2 Å². The molecule has 0 radical (unpaired) electrons. The highest BCUT2D eigenvalue weighted by atomic mass is 32.2. The van der Waals surface area contributed by atoms with Gasteiger partial charge in [0.2, 0.25) is 15.9 Å². The Morgan fingerprint density at radius 3 is 2.35 bits per heavy atom. The number of rotatable bonds is 6. The maximum Gasteiger partial charge on any atom is 0.255 e. The Morgan fingerprint density at radius 2 is 1.68 bits per heavy atom. The molecular weight excluding hydrogens is 414 g/mol. The molecule has 0 atom stereocenters. The average molecular weight is 444 g/mol. The van der Waals surface area contributed by atoms with E-state index < -0.39 is 15.9 Å². The molecule has 166 valence electrons. The van der Waals surface area contributed by atoms with Crippen molar-refractivity contribution in [3.8, 4) is 0 Å². The Balaban J connectivity index is 1.82. The lowest BCUT2D eigenvalue weighted by molar-refractivity contribution is -0.114. The van der Waals surface area contributed by atoms with E-state index in [9.17, 15) is 18.0 Å². The van der Waals surface area contributed by atoms with Crippen molar-refractivity contribution in [2.75, 3.05) is 35.5 Å². The van der Waals surface area contributed by atoms with E-state index in [1.807, 2.05) is 19.9 Å². The lowest BCUT2D eigenvalue weighted by Gasteiger charge is -2.28. The van der Waals surface area contributed by atoms with Crippen LogP contribution in [0.2, 0.25) is 0 Å². The van der Waals surface area contributed by atoms with Gasteiger partial charge in [-0.05, 0) is 62.4 Å². The Kier molecular flexibility index (Phi) is 7.00. The number of piperidine rings is 1. The van der Waals surface area contributed by atoms with Crippen LogP contribution in [0.1, 0.15) is 40.7 Å². The summed E-state index contributed by atoms with van der Waals surface area (Å²) >= 11 is 0. The molecule has 31 heavy (non-hydrogen) atoms. The number of nitrogens with one attached hydrogen (secondary N) is 1. The standard InChI is InChI=1S/C23H29N3O4S/c1-17-10-9-13-21(18(17)2)26(31(3,29)30)16-22(27)24-20-12-6-5-11-19(20)23(28)25-14-7-4-8-15-25/h5-6,9-13H,4,7-8,14-16H2,1-3H3,(H,24,27). The molecule has 0 unspecified atom stereocenters. The highest BCUT2D eigenvalue weighted by Crippen LogP contribution is 2.25. The van der Waals surface area contributed by atoms with E-state index in [4.69, 9.17) is 0 Å². The van der Waals surface area contributed by atoms with Gasteiger partial charge in [-0.15, -0.1) is 0 Å². The zero-order valence-corrected chi connectivity index (χ0v) is 19.0. The second-order valence-corrected chi connectivity index (χ2v) is 9.84. The minimum Gasteiger partial charge on any atom is -0.339 e. The minimum absolute atomic E-state index is 0.120. The third-order valence-corrected chi connectivity index (χ3v) is 6.73. The topological polar surface area (TPSA) is 86.8 Å². The lowest BCUT2D eigenvalue weighted by atomic mass is 10.1. The summed E-state index contributed by atoms with van der Waals surface area (Å²) in [5.74, 6) is -0.629. The van der Waals surface area contributed by atoms with E-state index in [1.54, 1.807) is 41.3 Å².